The molecule has 1 aromatic heterocycles. The molecule has 0 spiro atoms. The summed E-state index contributed by atoms with van der Waals surface area (Å²) in [7, 11) is -4.51. The van der Waals surface area contributed by atoms with Crippen LogP contribution in [0, 0.1) is 6.92 Å². The van der Waals surface area contributed by atoms with E-state index in [4.69, 9.17) is 0 Å². The molecule has 0 atom stereocenters. The summed E-state index contributed by atoms with van der Waals surface area (Å²) >= 11 is 0. The number of carbonyl (C=O) groups is 1. The Bertz CT molecular complexity index is 1680. The molecule has 0 saturated carbocycles. The Kier molecular flexibility index (Phi) is 8.45. The lowest BCUT2D eigenvalue weighted by Crippen LogP contribution is -2.38. The van der Waals surface area contributed by atoms with Crippen molar-refractivity contribution in [2.24, 2.45) is 0 Å². The number of Topliss-reactive ketones (excluding diaryl/α,β-unsaturated/α-hetero) is 1. The summed E-state index contributed by atoms with van der Waals surface area (Å²) in [6.07, 6.45) is -3.81. The molecule has 0 bridgehead atoms. The second-order valence-electron chi connectivity index (χ2n) is 9.30. The highest BCUT2D eigenvalue weighted by Gasteiger charge is 2.34. The van der Waals surface area contributed by atoms with Crippen LogP contribution in [0.2, 0.25) is 0 Å². The normalized spacial score (nSPS) is 12.2. The third-order valence-electron chi connectivity index (χ3n) is 6.47. The predicted molar refractivity (Wildman–Crippen MR) is 146 cm³/mol. The van der Waals surface area contributed by atoms with E-state index in [2.05, 4.69) is 5.10 Å². The first-order valence-corrected chi connectivity index (χ1v) is 14.1. The Labute approximate surface area is 229 Å². The van der Waals surface area contributed by atoms with Crippen LogP contribution in [0.5, 0.6) is 0 Å². The number of aromatic amines is 1. The summed E-state index contributed by atoms with van der Waals surface area (Å²) in [6, 6.07) is 19.1. The van der Waals surface area contributed by atoms with Crippen molar-refractivity contribution in [3.05, 3.63) is 106 Å². The average molecular weight is 572 g/mol. The van der Waals surface area contributed by atoms with Gasteiger partial charge in [-0.05, 0) is 43.2 Å². The van der Waals surface area contributed by atoms with Gasteiger partial charge in [0.05, 0.1) is 28.4 Å². The van der Waals surface area contributed by atoms with E-state index in [1.807, 2.05) is 6.92 Å². The molecule has 4 rings (SSSR count). The van der Waals surface area contributed by atoms with Gasteiger partial charge in [-0.25, -0.2) is 13.1 Å². The molecule has 11 heteroatoms. The zero-order chi connectivity index (χ0) is 29.1. The molecule has 0 aliphatic carbocycles. The molecule has 0 saturated heterocycles. The highest BCUT2D eigenvalue weighted by Crippen LogP contribution is 2.31. The monoisotopic (exact) mass is 571 g/mol. The third-order valence-corrected chi connectivity index (χ3v) is 8.31. The highest BCUT2D eigenvalue weighted by atomic mass is 32.2. The molecular weight excluding hydrogens is 543 g/mol. The fraction of sp³-hybridized carbons (Fsp3) is 0.241. The van der Waals surface area contributed by atoms with Crippen molar-refractivity contribution in [3.63, 3.8) is 0 Å². The fourth-order valence-corrected chi connectivity index (χ4v) is 5.81. The number of aryl methyl sites for hydroxylation is 1. The van der Waals surface area contributed by atoms with Crippen LogP contribution in [0.15, 0.2) is 88.6 Å². The first-order chi connectivity index (χ1) is 18.9. The topological polar surface area (TPSA) is 92.2 Å². The summed E-state index contributed by atoms with van der Waals surface area (Å²) < 4.78 is 69.0. The lowest BCUT2D eigenvalue weighted by molar-refractivity contribution is -0.137. The number of nitrogens with zero attached hydrogens (tertiary/aromatic N) is 2. The standard InChI is InChI=1S/C29H28F3N3O4S/c1-3-4-17-34(40(38,39)23-15-10-14-22(18-23)29(30,31)32)19-25(36)26-27(21-12-6-5-7-13-21)33-35(28(26)37)24-16-9-8-11-20(24)2/h5-16,18,33H,3-4,17,19H2,1-2H3. The summed E-state index contributed by atoms with van der Waals surface area (Å²) in [5.74, 6) is -0.779. The van der Waals surface area contributed by atoms with Crippen molar-refractivity contribution < 1.29 is 26.4 Å². The number of H-pyrrole nitrogens is 1. The van der Waals surface area contributed by atoms with Crippen molar-refractivity contribution in [2.75, 3.05) is 13.1 Å². The first kappa shape index (κ1) is 29.0. The second-order valence-corrected chi connectivity index (χ2v) is 11.2. The Hall–Kier alpha value is -3.96. The Morgan fingerprint density at radius 3 is 2.30 bits per heavy atom. The minimum absolute atomic E-state index is 0.113. The number of benzene rings is 3. The molecule has 1 N–H and O–H groups in total. The molecule has 40 heavy (non-hydrogen) atoms. The van der Waals surface area contributed by atoms with Gasteiger partial charge >= 0.3 is 6.18 Å². The molecule has 210 valence electrons. The number of hydrogen-bond donors (Lipinski definition) is 1. The fourth-order valence-electron chi connectivity index (χ4n) is 4.33. The van der Waals surface area contributed by atoms with Gasteiger partial charge in [-0.15, -0.1) is 0 Å². The summed E-state index contributed by atoms with van der Waals surface area (Å²) in [6.45, 7) is 2.79. The molecule has 3 aromatic carbocycles. The summed E-state index contributed by atoms with van der Waals surface area (Å²) in [5, 5.41) is 3.01. The Morgan fingerprint density at radius 1 is 0.975 bits per heavy atom. The van der Waals surface area contributed by atoms with Gasteiger partial charge in [-0.2, -0.15) is 17.5 Å². The number of sulfonamides is 1. The molecule has 7 nitrogen and oxygen atoms in total. The SMILES string of the molecule is CCCCN(CC(=O)c1c(-c2ccccc2)[nH]n(-c2ccccc2C)c1=O)S(=O)(=O)c1cccc(C(F)(F)F)c1. The largest absolute Gasteiger partial charge is 0.416 e. The number of unbranched alkanes of at least 4 members (excludes halogenated alkanes) is 1. The van der Waals surface area contributed by atoms with Crippen LogP contribution < -0.4 is 5.56 Å². The van der Waals surface area contributed by atoms with Gasteiger partial charge in [0.2, 0.25) is 10.0 Å². The number of halogens is 3. The van der Waals surface area contributed by atoms with Crippen molar-refractivity contribution in [1.82, 2.24) is 14.1 Å². The molecule has 1 heterocycles. The molecule has 0 amide bonds. The zero-order valence-corrected chi connectivity index (χ0v) is 22.7. The molecule has 0 aliphatic heterocycles. The van der Waals surface area contributed by atoms with E-state index in [-0.39, 0.29) is 17.8 Å². The van der Waals surface area contributed by atoms with Crippen molar-refractivity contribution in [3.8, 4) is 16.9 Å². The molecule has 0 aliphatic rings. The highest BCUT2D eigenvalue weighted by molar-refractivity contribution is 7.89. The molecule has 0 fully saturated rings. The van der Waals surface area contributed by atoms with E-state index in [9.17, 15) is 31.2 Å². The Morgan fingerprint density at radius 2 is 1.65 bits per heavy atom. The minimum atomic E-state index is -4.74. The molecule has 0 radical (unpaired) electrons. The maximum Gasteiger partial charge on any atom is 0.416 e. The van der Waals surface area contributed by atoms with E-state index in [1.165, 1.54) is 4.68 Å². The minimum Gasteiger partial charge on any atom is -0.292 e. The van der Waals surface area contributed by atoms with Gasteiger partial charge in [0, 0.05) is 12.1 Å². The predicted octanol–water partition coefficient (Wildman–Crippen LogP) is 5.83. The van der Waals surface area contributed by atoms with Crippen LogP contribution in [0.25, 0.3) is 16.9 Å². The van der Waals surface area contributed by atoms with Gasteiger partial charge < -0.3 is 0 Å². The number of alkyl halides is 3. The van der Waals surface area contributed by atoms with E-state index >= 15 is 0 Å². The van der Waals surface area contributed by atoms with E-state index < -0.39 is 44.5 Å². The van der Waals surface area contributed by atoms with Gasteiger partial charge in [0.15, 0.2) is 5.78 Å². The number of carbonyl (C=O) groups excluding carboxylic acids is 1. The van der Waals surface area contributed by atoms with Gasteiger partial charge in [-0.1, -0.05) is 67.9 Å². The quantitative estimate of drug-likeness (QED) is 0.242. The van der Waals surface area contributed by atoms with Crippen LogP contribution in [0.1, 0.15) is 41.3 Å². The third kappa shape index (κ3) is 5.95. The van der Waals surface area contributed by atoms with E-state index in [1.54, 1.807) is 61.5 Å². The number of nitrogens with one attached hydrogen (secondary N) is 1. The summed E-state index contributed by atoms with van der Waals surface area (Å²) in [5.41, 5.74) is 0.0138. The van der Waals surface area contributed by atoms with Crippen LogP contribution in [0.3, 0.4) is 0 Å². The van der Waals surface area contributed by atoms with Crippen molar-refractivity contribution >= 4 is 15.8 Å². The van der Waals surface area contributed by atoms with Crippen LogP contribution >= 0.6 is 0 Å². The van der Waals surface area contributed by atoms with Gasteiger partial charge in [-0.3, -0.25) is 14.7 Å². The average Bonchev–Trinajstić information content (AvgIpc) is 3.28. The maximum absolute atomic E-state index is 13.7. The number of hydrogen-bond acceptors (Lipinski definition) is 4. The second kappa shape index (κ2) is 11.6. The van der Waals surface area contributed by atoms with Crippen molar-refractivity contribution in [1.29, 1.82) is 0 Å². The molecular formula is C29H28F3N3O4S. The van der Waals surface area contributed by atoms with E-state index in [0.717, 1.165) is 28.1 Å². The van der Waals surface area contributed by atoms with E-state index in [0.29, 0.717) is 30.2 Å². The van der Waals surface area contributed by atoms with Gasteiger partial charge in [0.1, 0.15) is 5.56 Å². The zero-order valence-electron chi connectivity index (χ0n) is 21.9. The van der Waals surface area contributed by atoms with Crippen LogP contribution in [-0.2, 0) is 16.2 Å². The maximum atomic E-state index is 13.7. The number of rotatable bonds is 10. The lowest BCUT2D eigenvalue weighted by Gasteiger charge is -2.22. The molecule has 0 unspecified atom stereocenters. The summed E-state index contributed by atoms with van der Waals surface area (Å²) in [4.78, 5) is 26.8. The van der Waals surface area contributed by atoms with Crippen LogP contribution in [-0.4, -0.2) is 41.4 Å². The van der Waals surface area contributed by atoms with Crippen molar-refractivity contribution in [2.45, 2.75) is 37.8 Å². The van der Waals surface area contributed by atoms with Gasteiger partial charge in [0.25, 0.3) is 5.56 Å². The smallest absolute Gasteiger partial charge is 0.292 e. The lowest BCUT2D eigenvalue weighted by atomic mass is 10.0. The first-order valence-electron chi connectivity index (χ1n) is 12.6. The molecule has 4 aromatic rings. The van der Waals surface area contributed by atoms with Crippen LogP contribution in [0.4, 0.5) is 13.2 Å². The number of ketones is 1. The Balaban J connectivity index is 1.80. The number of aromatic nitrogens is 2. The number of para-hydroxylation sites is 1.